The third kappa shape index (κ3) is 3.46. The Morgan fingerprint density at radius 3 is 2.92 bits per heavy atom. The van der Waals surface area contributed by atoms with Crippen LogP contribution in [0.1, 0.15) is 38.3 Å². The Morgan fingerprint density at radius 1 is 1.33 bits per heavy atom. The third-order valence-electron chi connectivity index (χ3n) is 1.88. The molecule has 1 rings (SSSR count). The number of rotatable bonds is 5. The van der Waals surface area contributed by atoms with E-state index in [1.165, 1.54) is 25.7 Å². The molecule has 1 aromatic heterocycles. The zero-order chi connectivity index (χ0) is 8.65. The molecule has 65 valence electrons. The monoisotopic (exact) mass is 163 g/mol. The Morgan fingerprint density at radius 2 is 2.25 bits per heavy atom. The SMILES string of the molecule is CCCCCCc1ccn[c]n1. The molecule has 0 saturated carbocycles. The highest BCUT2D eigenvalue weighted by Crippen LogP contribution is 2.03. The first-order valence-electron chi connectivity index (χ1n) is 4.61. The van der Waals surface area contributed by atoms with Gasteiger partial charge in [-0.15, -0.1) is 0 Å². The summed E-state index contributed by atoms with van der Waals surface area (Å²) < 4.78 is 0. The Labute approximate surface area is 74.1 Å². The van der Waals surface area contributed by atoms with Gasteiger partial charge in [-0.25, -0.2) is 9.97 Å². The van der Waals surface area contributed by atoms with Crippen LogP contribution >= 0.6 is 0 Å². The van der Waals surface area contributed by atoms with Gasteiger partial charge < -0.3 is 0 Å². The number of unbranched alkanes of at least 4 members (excludes halogenated alkanes) is 3. The first-order valence-corrected chi connectivity index (χ1v) is 4.61. The molecule has 0 bridgehead atoms. The van der Waals surface area contributed by atoms with Gasteiger partial charge >= 0.3 is 0 Å². The van der Waals surface area contributed by atoms with Crippen LogP contribution in [0.2, 0.25) is 0 Å². The van der Waals surface area contributed by atoms with E-state index in [-0.39, 0.29) is 0 Å². The van der Waals surface area contributed by atoms with Gasteiger partial charge in [0.1, 0.15) is 0 Å². The van der Waals surface area contributed by atoms with E-state index in [2.05, 4.69) is 23.2 Å². The summed E-state index contributed by atoms with van der Waals surface area (Å²) in [6, 6.07) is 1.96. The largest absolute Gasteiger partial charge is 0.234 e. The van der Waals surface area contributed by atoms with E-state index in [1.54, 1.807) is 6.20 Å². The maximum absolute atomic E-state index is 4.04. The molecule has 1 aromatic rings. The number of nitrogens with zero attached hydrogens (tertiary/aromatic N) is 2. The summed E-state index contributed by atoms with van der Waals surface area (Å²) in [6.45, 7) is 2.22. The lowest BCUT2D eigenvalue weighted by atomic mass is 10.1. The fourth-order valence-electron chi connectivity index (χ4n) is 1.16. The first kappa shape index (κ1) is 9.17. The van der Waals surface area contributed by atoms with Gasteiger partial charge in [0, 0.05) is 11.9 Å². The number of hydrogen-bond acceptors (Lipinski definition) is 2. The zero-order valence-electron chi connectivity index (χ0n) is 7.58. The van der Waals surface area contributed by atoms with Crippen LogP contribution in [0.3, 0.4) is 0 Å². The van der Waals surface area contributed by atoms with E-state index in [9.17, 15) is 0 Å². The Kier molecular flexibility index (Phi) is 4.35. The van der Waals surface area contributed by atoms with Crippen LogP contribution in [-0.4, -0.2) is 9.97 Å². The van der Waals surface area contributed by atoms with Crippen molar-refractivity contribution in [2.24, 2.45) is 0 Å². The summed E-state index contributed by atoms with van der Waals surface area (Å²) in [4.78, 5) is 7.79. The number of hydrogen-bond donors (Lipinski definition) is 0. The molecule has 0 aliphatic carbocycles. The second-order valence-corrected chi connectivity index (χ2v) is 2.96. The summed E-state index contributed by atoms with van der Waals surface area (Å²) in [6.07, 6.45) is 10.6. The van der Waals surface area contributed by atoms with Gasteiger partial charge in [-0.05, 0) is 18.9 Å². The predicted octanol–water partition coefficient (Wildman–Crippen LogP) is 2.40. The summed E-state index contributed by atoms with van der Waals surface area (Å²) in [5, 5.41) is 0. The molecule has 0 amide bonds. The van der Waals surface area contributed by atoms with Crippen molar-refractivity contribution in [3.8, 4) is 0 Å². The fourth-order valence-corrected chi connectivity index (χ4v) is 1.16. The molecule has 0 aromatic carbocycles. The lowest BCUT2D eigenvalue weighted by Crippen LogP contribution is -1.90. The van der Waals surface area contributed by atoms with E-state index < -0.39 is 0 Å². The van der Waals surface area contributed by atoms with Crippen LogP contribution in [0.25, 0.3) is 0 Å². The molecular formula is C10H15N2. The van der Waals surface area contributed by atoms with E-state index in [1.807, 2.05) is 6.07 Å². The maximum Gasteiger partial charge on any atom is 0.197 e. The van der Waals surface area contributed by atoms with Crippen molar-refractivity contribution in [1.29, 1.82) is 0 Å². The maximum atomic E-state index is 4.04. The molecule has 1 heterocycles. The lowest BCUT2D eigenvalue weighted by molar-refractivity contribution is 0.659. The molecule has 2 nitrogen and oxygen atoms in total. The quantitative estimate of drug-likeness (QED) is 0.623. The van der Waals surface area contributed by atoms with Crippen molar-refractivity contribution in [2.75, 3.05) is 0 Å². The lowest BCUT2D eigenvalue weighted by Gasteiger charge is -1.97. The van der Waals surface area contributed by atoms with Crippen molar-refractivity contribution >= 4 is 0 Å². The second-order valence-electron chi connectivity index (χ2n) is 2.96. The molecule has 0 aliphatic heterocycles. The van der Waals surface area contributed by atoms with Crippen molar-refractivity contribution in [1.82, 2.24) is 9.97 Å². The van der Waals surface area contributed by atoms with Crippen molar-refractivity contribution in [3.63, 3.8) is 0 Å². The van der Waals surface area contributed by atoms with Gasteiger partial charge in [0.15, 0.2) is 6.33 Å². The normalized spacial score (nSPS) is 10.1. The minimum Gasteiger partial charge on any atom is -0.234 e. The zero-order valence-corrected chi connectivity index (χ0v) is 7.58. The average Bonchev–Trinajstić information content (AvgIpc) is 2.14. The third-order valence-corrected chi connectivity index (χ3v) is 1.88. The first-order chi connectivity index (χ1) is 5.93. The summed E-state index contributed by atoms with van der Waals surface area (Å²) in [5.41, 5.74) is 1.11. The van der Waals surface area contributed by atoms with Crippen LogP contribution in [0, 0.1) is 6.33 Å². The average molecular weight is 163 g/mol. The second kappa shape index (κ2) is 5.70. The van der Waals surface area contributed by atoms with E-state index >= 15 is 0 Å². The molecule has 1 radical (unpaired) electrons. The van der Waals surface area contributed by atoms with Gasteiger partial charge in [0.05, 0.1) is 0 Å². The summed E-state index contributed by atoms with van der Waals surface area (Å²) in [5.74, 6) is 0. The minimum atomic E-state index is 1.07. The molecule has 0 saturated heterocycles. The van der Waals surface area contributed by atoms with E-state index in [0.717, 1.165) is 12.1 Å². The molecule has 0 spiro atoms. The molecular weight excluding hydrogens is 148 g/mol. The molecule has 0 N–H and O–H groups in total. The van der Waals surface area contributed by atoms with E-state index in [4.69, 9.17) is 0 Å². The Balaban J connectivity index is 2.16. The smallest absolute Gasteiger partial charge is 0.197 e. The van der Waals surface area contributed by atoms with Gasteiger partial charge in [0.25, 0.3) is 0 Å². The summed E-state index contributed by atoms with van der Waals surface area (Å²) in [7, 11) is 0. The molecule has 12 heavy (non-hydrogen) atoms. The molecule has 0 aliphatic rings. The predicted molar refractivity (Wildman–Crippen MR) is 48.7 cm³/mol. The van der Waals surface area contributed by atoms with Crippen LogP contribution in [0.4, 0.5) is 0 Å². The Hall–Kier alpha value is -0.920. The van der Waals surface area contributed by atoms with Crippen LogP contribution in [0.5, 0.6) is 0 Å². The van der Waals surface area contributed by atoms with Gasteiger partial charge in [-0.2, -0.15) is 0 Å². The van der Waals surface area contributed by atoms with Crippen molar-refractivity contribution in [3.05, 3.63) is 24.3 Å². The van der Waals surface area contributed by atoms with Gasteiger partial charge in [-0.3, -0.25) is 0 Å². The van der Waals surface area contributed by atoms with Crippen LogP contribution in [-0.2, 0) is 6.42 Å². The molecule has 0 fully saturated rings. The standard InChI is InChI=1S/C10H15N2/c1-2-3-4-5-6-10-7-8-11-9-12-10/h7-8H,2-6H2,1H3. The van der Waals surface area contributed by atoms with Gasteiger partial charge in [-0.1, -0.05) is 26.2 Å². The van der Waals surface area contributed by atoms with Crippen LogP contribution < -0.4 is 0 Å². The number of aryl methyl sites for hydroxylation is 1. The highest BCUT2D eigenvalue weighted by Gasteiger charge is 1.92. The molecule has 0 unspecified atom stereocenters. The van der Waals surface area contributed by atoms with E-state index in [0.29, 0.717) is 0 Å². The minimum absolute atomic E-state index is 1.07. The van der Waals surface area contributed by atoms with Gasteiger partial charge in [0.2, 0.25) is 0 Å². The highest BCUT2D eigenvalue weighted by molar-refractivity contribution is 4.96. The Bertz CT molecular complexity index is 196. The fraction of sp³-hybridized carbons (Fsp3) is 0.600. The van der Waals surface area contributed by atoms with Crippen molar-refractivity contribution in [2.45, 2.75) is 39.0 Å². The molecule has 0 atom stereocenters. The topological polar surface area (TPSA) is 25.8 Å². The summed E-state index contributed by atoms with van der Waals surface area (Å²) >= 11 is 0. The van der Waals surface area contributed by atoms with Crippen LogP contribution in [0.15, 0.2) is 12.3 Å². The molecule has 2 heteroatoms. The highest BCUT2D eigenvalue weighted by atomic mass is 14.8. The number of aromatic nitrogens is 2. The van der Waals surface area contributed by atoms with Crippen molar-refractivity contribution < 1.29 is 0 Å².